The maximum absolute atomic E-state index is 12.6. The van der Waals surface area contributed by atoms with Gasteiger partial charge >= 0.3 is 0 Å². The Morgan fingerprint density at radius 3 is 2.64 bits per heavy atom. The number of hydrogen-bond donors (Lipinski definition) is 1. The zero-order valence-corrected chi connectivity index (χ0v) is 16.2. The van der Waals surface area contributed by atoms with Gasteiger partial charge in [-0.05, 0) is 19.4 Å². The van der Waals surface area contributed by atoms with E-state index in [0.29, 0.717) is 13.1 Å². The van der Waals surface area contributed by atoms with E-state index in [2.05, 4.69) is 22.1 Å². The van der Waals surface area contributed by atoms with Crippen LogP contribution in [0.4, 0.5) is 5.13 Å². The topological polar surface area (TPSA) is 65.5 Å². The molecule has 1 aromatic rings. The van der Waals surface area contributed by atoms with Crippen LogP contribution >= 0.6 is 11.3 Å². The molecule has 2 aliphatic heterocycles. The molecule has 3 rings (SSSR count). The van der Waals surface area contributed by atoms with Crippen molar-refractivity contribution in [3.63, 3.8) is 0 Å². The molecule has 0 bridgehead atoms. The summed E-state index contributed by atoms with van der Waals surface area (Å²) in [5, 5.41) is 3.75. The van der Waals surface area contributed by atoms with Crippen molar-refractivity contribution in [3.05, 3.63) is 10.6 Å². The van der Waals surface area contributed by atoms with E-state index in [0.717, 1.165) is 49.7 Å². The molecule has 0 saturated carbocycles. The van der Waals surface area contributed by atoms with Gasteiger partial charge in [0.15, 0.2) is 5.13 Å². The van der Waals surface area contributed by atoms with Crippen LogP contribution in [0.2, 0.25) is 0 Å². The van der Waals surface area contributed by atoms with Crippen LogP contribution in [0.3, 0.4) is 0 Å². The zero-order chi connectivity index (χ0) is 18.0. The van der Waals surface area contributed by atoms with Gasteiger partial charge < -0.3 is 10.2 Å². The lowest BCUT2D eigenvalue weighted by Gasteiger charge is -2.32. The number of nitrogens with one attached hydrogen (secondary N) is 1. The SMILES string of the molecule is CCN1CCc2nc(NC(=O)C3CCN(C(=O)C(C)C)CC3)sc2C1. The fourth-order valence-corrected chi connectivity index (χ4v) is 4.56. The Morgan fingerprint density at radius 1 is 1.28 bits per heavy atom. The molecule has 0 aromatic carbocycles. The Labute approximate surface area is 153 Å². The predicted molar refractivity (Wildman–Crippen MR) is 99.5 cm³/mol. The molecule has 7 heteroatoms. The van der Waals surface area contributed by atoms with Crippen LogP contribution < -0.4 is 5.32 Å². The number of thiazole rings is 1. The number of amides is 2. The minimum absolute atomic E-state index is 0.0229. The van der Waals surface area contributed by atoms with Crippen molar-refractivity contribution in [2.45, 2.75) is 46.6 Å². The number of piperidine rings is 1. The standard InChI is InChI=1S/C18H28N4O2S/c1-4-21-8-7-14-15(11-21)25-18(19-14)20-16(23)13-5-9-22(10-6-13)17(24)12(2)3/h12-13H,4-11H2,1-3H3,(H,19,20,23). The highest BCUT2D eigenvalue weighted by Gasteiger charge is 2.29. The van der Waals surface area contributed by atoms with Crippen molar-refractivity contribution in [2.24, 2.45) is 11.8 Å². The van der Waals surface area contributed by atoms with Crippen molar-refractivity contribution >= 4 is 28.3 Å². The summed E-state index contributed by atoms with van der Waals surface area (Å²) >= 11 is 1.61. The van der Waals surface area contributed by atoms with Crippen LogP contribution in [0.5, 0.6) is 0 Å². The number of aromatic nitrogens is 1. The summed E-state index contributed by atoms with van der Waals surface area (Å²) in [5.41, 5.74) is 1.14. The Kier molecular flexibility index (Phi) is 5.74. The molecule has 1 fully saturated rings. The third-order valence-electron chi connectivity index (χ3n) is 5.16. The number of anilines is 1. The van der Waals surface area contributed by atoms with E-state index in [1.165, 1.54) is 4.88 Å². The normalized spacial score (nSPS) is 19.1. The fraction of sp³-hybridized carbons (Fsp3) is 0.722. The van der Waals surface area contributed by atoms with Crippen molar-refractivity contribution < 1.29 is 9.59 Å². The monoisotopic (exact) mass is 364 g/mol. The second kappa shape index (κ2) is 7.83. The number of rotatable bonds is 4. The Balaban J connectivity index is 1.54. The molecular weight excluding hydrogens is 336 g/mol. The van der Waals surface area contributed by atoms with E-state index < -0.39 is 0 Å². The summed E-state index contributed by atoms with van der Waals surface area (Å²) in [6.45, 7) is 10.4. The molecular formula is C18H28N4O2S. The molecule has 0 spiro atoms. The van der Waals surface area contributed by atoms with Gasteiger partial charge in [0.1, 0.15) is 0 Å². The van der Waals surface area contributed by atoms with Crippen LogP contribution in [0, 0.1) is 11.8 Å². The molecule has 0 aliphatic carbocycles. The first-order chi connectivity index (χ1) is 12.0. The highest BCUT2D eigenvalue weighted by molar-refractivity contribution is 7.15. The van der Waals surface area contributed by atoms with Crippen molar-refractivity contribution in [1.82, 2.24) is 14.8 Å². The number of fused-ring (bicyclic) bond motifs is 1. The van der Waals surface area contributed by atoms with Gasteiger partial charge in [-0.3, -0.25) is 14.5 Å². The van der Waals surface area contributed by atoms with Gasteiger partial charge in [0.05, 0.1) is 5.69 Å². The molecule has 6 nitrogen and oxygen atoms in total. The number of likely N-dealkylation sites (N-methyl/N-ethyl adjacent to an activating group) is 1. The van der Waals surface area contributed by atoms with Gasteiger partial charge in [-0.15, -0.1) is 11.3 Å². The lowest BCUT2D eigenvalue weighted by atomic mass is 9.95. The zero-order valence-electron chi connectivity index (χ0n) is 15.4. The van der Waals surface area contributed by atoms with Crippen LogP contribution in [-0.4, -0.2) is 52.8 Å². The number of nitrogens with zero attached hydrogens (tertiary/aromatic N) is 3. The fourth-order valence-electron chi connectivity index (χ4n) is 3.51. The Morgan fingerprint density at radius 2 is 2.00 bits per heavy atom. The summed E-state index contributed by atoms with van der Waals surface area (Å²) < 4.78 is 0. The second-order valence-corrected chi connectivity index (χ2v) is 8.33. The summed E-state index contributed by atoms with van der Waals surface area (Å²) in [6, 6.07) is 0. The molecule has 0 unspecified atom stereocenters. The molecule has 1 saturated heterocycles. The van der Waals surface area contributed by atoms with E-state index in [1.807, 2.05) is 18.7 Å². The van der Waals surface area contributed by atoms with Gasteiger partial charge in [-0.2, -0.15) is 0 Å². The smallest absolute Gasteiger partial charge is 0.229 e. The van der Waals surface area contributed by atoms with Crippen molar-refractivity contribution in [2.75, 3.05) is 31.5 Å². The maximum atomic E-state index is 12.6. The molecule has 25 heavy (non-hydrogen) atoms. The van der Waals surface area contributed by atoms with Crippen LogP contribution in [0.25, 0.3) is 0 Å². The molecule has 0 atom stereocenters. The van der Waals surface area contributed by atoms with Gasteiger partial charge in [-0.25, -0.2) is 4.98 Å². The van der Waals surface area contributed by atoms with Gasteiger partial charge in [0, 0.05) is 49.3 Å². The minimum atomic E-state index is -0.0238. The lowest BCUT2D eigenvalue weighted by Crippen LogP contribution is -2.43. The highest BCUT2D eigenvalue weighted by Crippen LogP contribution is 2.29. The van der Waals surface area contributed by atoms with E-state index in [4.69, 9.17) is 0 Å². The molecule has 1 N–H and O–H groups in total. The van der Waals surface area contributed by atoms with E-state index in [-0.39, 0.29) is 23.7 Å². The summed E-state index contributed by atoms with van der Waals surface area (Å²) in [6.07, 6.45) is 2.43. The van der Waals surface area contributed by atoms with Gasteiger partial charge in [0.25, 0.3) is 0 Å². The van der Waals surface area contributed by atoms with Crippen LogP contribution in [0.15, 0.2) is 0 Å². The van der Waals surface area contributed by atoms with Crippen LogP contribution in [-0.2, 0) is 22.6 Å². The Hall–Kier alpha value is -1.47. The first-order valence-corrected chi connectivity index (χ1v) is 10.1. The van der Waals surface area contributed by atoms with Gasteiger partial charge in [-0.1, -0.05) is 20.8 Å². The van der Waals surface area contributed by atoms with E-state index >= 15 is 0 Å². The van der Waals surface area contributed by atoms with Crippen molar-refractivity contribution in [1.29, 1.82) is 0 Å². The molecule has 1 aromatic heterocycles. The first-order valence-electron chi connectivity index (χ1n) is 9.28. The lowest BCUT2D eigenvalue weighted by molar-refractivity contribution is -0.137. The molecule has 138 valence electrons. The minimum Gasteiger partial charge on any atom is -0.342 e. The number of carbonyl (C=O) groups is 2. The van der Waals surface area contributed by atoms with Crippen LogP contribution in [0.1, 0.15) is 44.2 Å². The maximum Gasteiger partial charge on any atom is 0.229 e. The highest BCUT2D eigenvalue weighted by atomic mass is 32.1. The molecule has 2 amide bonds. The summed E-state index contributed by atoms with van der Waals surface area (Å²) in [4.78, 5) is 34.8. The van der Waals surface area contributed by atoms with Crippen molar-refractivity contribution in [3.8, 4) is 0 Å². The Bertz CT molecular complexity index is 635. The van der Waals surface area contributed by atoms with Gasteiger partial charge in [0.2, 0.25) is 11.8 Å². The predicted octanol–water partition coefficient (Wildman–Crippen LogP) is 2.35. The number of hydrogen-bond acceptors (Lipinski definition) is 5. The molecule has 0 radical (unpaired) electrons. The number of likely N-dealkylation sites (tertiary alicyclic amines) is 1. The van der Waals surface area contributed by atoms with E-state index in [1.54, 1.807) is 11.3 Å². The first kappa shape index (κ1) is 18.3. The molecule has 3 heterocycles. The third kappa shape index (κ3) is 4.20. The average molecular weight is 365 g/mol. The summed E-state index contributed by atoms with van der Waals surface area (Å²) in [7, 11) is 0. The average Bonchev–Trinajstić information content (AvgIpc) is 3.02. The largest absolute Gasteiger partial charge is 0.342 e. The second-order valence-electron chi connectivity index (χ2n) is 7.25. The van der Waals surface area contributed by atoms with E-state index in [9.17, 15) is 9.59 Å². The quantitative estimate of drug-likeness (QED) is 0.891. The molecule has 2 aliphatic rings. The number of carbonyl (C=O) groups excluding carboxylic acids is 2. The third-order valence-corrected chi connectivity index (χ3v) is 6.16. The summed E-state index contributed by atoms with van der Waals surface area (Å²) in [5.74, 6) is 0.237.